The Balaban J connectivity index is 1.78. The van der Waals surface area contributed by atoms with E-state index in [-0.39, 0.29) is 16.9 Å². The van der Waals surface area contributed by atoms with Crippen molar-refractivity contribution in [2.75, 3.05) is 30.0 Å². The summed E-state index contributed by atoms with van der Waals surface area (Å²) in [5.41, 5.74) is 3.54. The lowest BCUT2D eigenvalue weighted by atomic mass is 9.77. The third-order valence-corrected chi connectivity index (χ3v) is 7.41. The normalized spacial score (nSPS) is 22.2. The van der Waals surface area contributed by atoms with Crippen molar-refractivity contribution >= 4 is 18.5 Å². The molecular formula is C24H40FN5O2. The maximum atomic E-state index is 14.5. The lowest BCUT2D eigenvalue weighted by Gasteiger charge is -2.39. The standard InChI is InChI=1S/C24H40FN5O2/c1-6-8-20(25)18(7-2)9-10-19-21(28-26-4)27-23(29(5)22(19)31)30-13-11-24(12-14-30)15-17(3)32-16-24/h17-18,20,28H,4,6-16H2,1-3,5H3/t17-,18?,20?/m0/s1. The first-order valence-electron chi connectivity index (χ1n) is 12.2. The minimum atomic E-state index is -0.835. The quantitative estimate of drug-likeness (QED) is 0.426. The second-order valence-corrected chi connectivity index (χ2v) is 9.70. The van der Waals surface area contributed by atoms with Crippen LogP contribution >= 0.6 is 0 Å². The molecule has 0 aromatic carbocycles. The van der Waals surface area contributed by atoms with E-state index in [2.05, 4.69) is 29.1 Å². The van der Waals surface area contributed by atoms with Crippen molar-refractivity contribution in [3.05, 3.63) is 15.9 Å². The van der Waals surface area contributed by atoms with Crippen molar-refractivity contribution in [2.45, 2.75) is 84.4 Å². The Morgan fingerprint density at radius 1 is 1.34 bits per heavy atom. The summed E-state index contributed by atoms with van der Waals surface area (Å²) in [4.78, 5) is 20.3. The van der Waals surface area contributed by atoms with Crippen molar-refractivity contribution in [2.24, 2.45) is 23.5 Å². The second kappa shape index (κ2) is 10.8. The van der Waals surface area contributed by atoms with Crippen molar-refractivity contribution in [1.29, 1.82) is 0 Å². The smallest absolute Gasteiger partial charge is 0.260 e. The van der Waals surface area contributed by atoms with E-state index in [1.165, 1.54) is 0 Å². The number of aromatic nitrogens is 2. The number of halogens is 1. The fourth-order valence-electron chi connectivity index (χ4n) is 5.37. The highest BCUT2D eigenvalue weighted by Gasteiger charge is 2.41. The number of hydrazone groups is 1. The molecule has 0 aliphatic carbocycles. The fourth-order valence-corrected chi connectivity index (χ4v) is 5.37. The van der Waals surface area contributed by atoms with Gasteiger partial charge in [0.2, 0.25) is 5.95 Å². The molecule has 180 valence electrons. The molecule has 0 bridgehead atoms. The molecule has 1 spiro atoms. The molecule has 3 atom stereocenters. The third kappa shape index (κ3) is 5.33. The Morgan fingerprint density at radius 2 is 2.06 bits per heavy atom. The summed E-state index contributed by atoms with van der Waals surface area (Å²) in [5.74, 6) is 1.03. The predicted octanol–water partition coefficient (Wildman–Crippen LogP) is 4.30. The molecule has 3 heterocycles. The van der Waals surface area contributed by atoms with Gasteiger partial charge in [0.25, 0.3) is 5.56 Å². The topological polar surface area (TPSA) is 71.8 Å². The van der Waals surface area contributed by atoms with E-state index in [9.17, 15) is 9.18 Å². The van der Waals surface area contributed by atoms with Gasteiger partial charge in [-0.1, -0.05) is 26.7 Å². The molecule has 3 rings (SSSR count). The van der Waals surface area contributed by atoms with Crippen molar-refractivity contribution in [3.63, 3.8) is 0 Å². The molecule has 0 amide bonds. The summed E-state index contributed by atoms with van der Waals surface area (Å²) in [7, 11) is 1.77. The number of nitrogens with one attached hydrogen (secondary N) is 1. The zero-order valence-corrected chi connectivity index (χ0v) is 20.2. The highest BCUT2D eigenvalue weighted by Crippen LogP contribution is 2.42. The number of rotatable bonds is 10. The SMILES string of the molecule is C=NNc1nc(N2CCC3(CC2)CO[C@@H](C)C3)n(C)c(=O)c1CCC(CC)C(F)CCC. The van der Waals surface area contributed by atoms with Gasteiger partial charge >= 0.3 is 0 Å². The van der Waals surface area contributed by atoms with Gasteiger partial charge in [-0.2, -0.15) is 10.1 Å². The zero-order chi connectivity index (χ0) is 23.3. The minimum absolute atomic E-state index is 0.0572. The first-order valence-corrected chi connectivity index (χ1v) is 12.2. The second-order valence-electron chi connectivity index (χ2n) is 9.70. The average molecular weight is 450 g/mol. The Hall–Kier alpha value is -1.96. The first kappa shape index (κ1) is 24.7. The molecule has 1 N–H and O–H groups in total. The highest BCUT2D eigenvalue weighted by molar-refractivity contribution is 5.50. The lowest BCUT2D eigenvalue weighted by molar-refractivity contribution is 0.0974. The first-order chi connectivity index (χ1) is 15.3. The predicted molar refractivity (Wildman–Crippen MR) is 128 cm³/mol. The van der Waals surface area contributed by atoms with Gasteiger partial charge in [-0.15, -0.1) is 0 Å². The molecule has 7 nitrogen and oxygen atoms in total. The average Bonchev–Trinajstić information content (AvgIpc) is 3.13. The molecule has 8 heteroatoms. The molecule has 1 aromatic heterocycles. The summed E-state index contributed by atoms with van der Waals surface area (Å²) < 4.78 is 22.0. The molecule has 2 fully saturated rings. The van der Waals surface area contributed by atoms with Crippen LogP contribution in [-0.4, -0.2) is 48.2 Å². The van der Waals surface area contributed by atoms with Gasteiger partial charge in [0.15, 0.2) is 5.82 Å². The zero-order valence-electron chi connectivity index (χ0n) is 20.2. The van der Waals surface area contributed by atoms with Crippen molar-refractivity contribution < 1.29 is 9.13 Å². The molecule has 1 aromatic rings. The van der Waals surface area contributed by atoms with Crippen LogP contribution in [-0.2, 0) is 18.2 Å². The monoisotopic (exact) mass is 449 g/mol. The molecule has 2 aliphatic rings. The van der Waals surface area contributed by atoms with E-state index in [4.69, 9.17) is 9.72 Å². The summed E-state index contributed by atoms with van der Waals surface area (Å²) in [6.45, 7) is 12.2. The Labute approximate surface area is 191 Å². The number of hydrogen-bond donors (Lipinski definition) is 1. The van der Waals surface area contributed by atoms with Gasteiger partial charge in [0.1, 0.15) is 6.17 Å². The molecular weight excluding hydrogens is 409 g/mol. The lowest BCUT2D eigenvalue weighted by Crippen LogP contribution is -2.43. The Bertz CT molecular complexity index is 834. The highest BCUT2D eigenvalue weighted by atomic mass is 19.1. The van der Waals surface area contributed by atoms with Crippen LogP contribution in [0.2, 0.25) is 0 Å². The summed E-state index contributed by atoms with van der Waals surface area (Å²) >= 11 is 0. The van der Waals surface area contributed by atoms with E-state index in [1.54, 1.807) is 11.6 Å². The van der Waals surface area contributed by atoms with Gasteiger partial charge in [0, 0.05) is 26.9 Å². The van der Waals surface area contributed by atoms with Gasteiger partial charge in [-0.05, 0) is 56.8 Å². The molecule has 2 unspecified atom stereocenters. The van der Waals surface area contributed by atoms with Crippen LogP contribution in [0.1, 0.15) is 71.3 Å². The fraction of sp³-hybridized carbons (Fsp3) is 0.792. The Kier molecular flexibility index (Phi) is 8.31. The molecule has 0 radical (unpaired) electrons. The molecule has 0 saturated carbocycles. The van der Waals surface area contributed by atoms with Crippen LogP contribution in [0.5, 0.6) is 0 Å². The molecule has 2 saturated heterocycles. The summed E-state index contributed by atoms with van der Waals surface area (Å²) in [6.07, 6.45) is 5.89. The maximum Gasteiger partial charge on any atom is 0.260 e. The van der Waals surface area contributed by atoms with Gasteiger partial charge in [-0.3, -0.25) is 14.8 Å². The largest absolute Gasteiger partial charge is 0.378 e. The van der Waals surface area contributed by atoms with Crippen LogP contribution in [0, 0.1) is 11.3 Å². The van der Waals surface area contributed by atoms with Crippen molar-refractivity contribution in [3.8, 4) is 0 Å². The molecule has 32 heavy (non-hydrogen) atoms. The van der Waals surface area contributed by atoms with Crippen LogP contribution in [0.25, 0.3) is 0 Å². The molecule has 2 aliphatic heterocycles. The number of anilines is 2. The number of hydrogen-bond acceptors (Lipinski definition) is 6. The minimum Gasteiger partial charge on any atom is -0.378 e. The number of alkyl halides is 1. The van der Waals surface area contributed by atoms with Crippen LogP contribution < -0.4 is 15.9 Å². The summed E-state index contributed by atoms with van der Waals surface area (Å²) in [5, 5.41) is 3.78. The van der Waals surface area contributed by atoms with E-state index in [0.29, 0.717) is 42.7 Å². The van der Waals surface area contributed by atoms with Gasteiger partial charge in [-0.25, -0.2) is 4.39 Å². The Morgan fingerprint density at radius 3 is 2.62 bits per heavy atom. The van der Waals surface area contributed by atoms with Crippen LogP contribution in [0.3, 0.4) is 0 Å². The third-order valence-electron chi connectivity index (χ3n) is 7.41. The van der Waals surface area contributed by atoms with Crippen LogP contribution in [0.4, 0.5) is 16.2 Å². The van der Waals surface area contributed by atoms with Crippen molar-refractivity contribution in [1.82, 2.24) is 9.55 Å². The van der Waals surface area contributed by atoms with E-state index >= 15 is 0 Å². The number of ether oxygens (including phenoxy) is 1. The van der Waals surface area contributed by atoms with E-state index in [1.807, 2.05) is 13.8 Å². The van der Waals surface area contributed by atoms with Gasteiger partial charge < -0.3 is 9.64 Å². The number of nitrogens with zero attached hydrogens (tertiary/aromatic N) is 4. The van der Waals surface area contributed by atoms with E-state index < -0.39 is 6.17 Å². The summed E-state index contributed by atoms with van der Waals surface area (Å²) in [6, 6.07) is 0. The van der Waals surface area contributed by atoms with E-state index in [0.717, 1.165) is 51.8 Å². The maximum absolute atomic E-state index is 14.5. The number of piperidine rings is 1. The van der Waals surface area contributed by atoms with Crippen LogP contribution in [0.15, 0.2) is 9.90 Å². The van der Waals surface area contributed by atoms with Gasteiger partial charge in [0.05, 0.1) is 18.3 Å².